The fourth-order valence-electron chi connectivity index (χ4n) is 1.83. The molecule has 1 N–H and O–H groups in total. The molecule has 0 amide bonds. The van der Waals surface area contributed by atoms with Crippen molar-refractivity contribution < 1.29 is 19.4 Å². The van der Waals surface area contributed by atoms with Crippen molar-refractivity contribution in [3.63, 3.8) is 0 Å². The van der Waals surface area contributed by atoms with Crippen LogP contribution in [0.5, 0.6) is 0 Å². The molecule has 0 aromatic heterocycles. The third kappa shape index (κ3) is 3.28. The quantitative estimate of drug-likeness (QED) is 0.678. The van der Waals surface area contributed by atoms with Gasteiger partial charge in [-0.3, -0.25) is 0 Å². The van der Waals surface area contributed by atoms with E-state index >= 15 is 0 Å². The molecule has 0 radical (unpaired) electrons. The van der Waals surface area contributed by atoms with Gasteiger partial charge in [0, 0.05) is 11.1 Å². The Bertz CT molecular complexity index is 736. The Labute approximate surface area is 122 Å². The summed E-state index contributed by atoms with van der Waals surface area (Å²) >= 11 is 0. The molecule has 4 nitrogen and oxygen atoms in total. The minimum absolute atomic E-state index is 0.00939. The first-order valence-corrected chi connectivity index (χ1v) is 6.15. The van der Waals surface area contributed by atoms with Gasteiger partial charge in [-0.1, -0.05) is 36.1 Å². The molecule has 2 aromatic rings. The highest BCUT2D eigenvalue weighted by Gasteiger charge is 2.19. The number of carboxylic acid groups (broad SMARTS) is 1. The van der Waals surface area contributed by atoms with Crippen LogP contribution in [0.4, 0.5) is 0 Å². The van der Waals surface area contributed by atoms with Crippen molar-refractivity contribution in [2.45, 2.75) is 0 Å². The average Bonchev–Trinajstić information content (AvgIpc) is 2.52. The van der Waals surface area contributed by atoms with Crippen molar-refractivity contribution in [3.05, 3.63) is 70.8 Å². The summed E-state index contributed by atoms with van der Waals surface area (Å²) in [6.45, 7) is 0. The van der Waals surface area contributed by atoms with Gasteiger partial charge in [0.05, 0.1) is 18.2 Å². The number of methoxy groups -OCH3 is 1. The molecule has 2 aromatic carbocycles. The Morgan fingerprint density at radius 3 is 2.33 bits per heavy atom. The number of carbonyl (C=O) groups is 2. The van der Waals surface area contributed by atoms with Crippen LogP contribution >= 0.6 is 0 Å². The van der Waals surface area contributed by atoms with Crippen LogP contribution in [-0.4, -0.2) is 24.2 Å². The summed E-state index contributed by atoms with van der Waals surface area (Å²) in [6.07, 6.45) is 0. The van der Waals surface area contributed by atoms with Gasteiger partial charge in [-0.15, -0.1) is 0 Å². The lowest BCUT2D eigenvalue weighted by Crippen LogP contribution is -2.11. The number of aromatic carboxylic acids is 1. The number of carbonyl (C=O) groups excluding carboxylic acids is 1. The lowest BCUT2D eigenvalue weighted by atomic mass is 10.0. The van der Waals surface area contributed by atoms with Crippen LogP contribution < -0.4 is 0 Å². The van der Waals surface area contributed by atoms with E-state index in [2.05, 4.69) is 16.6 Å². The molecule has 4 heteroatoms. The summed E-state index contributed by atoms with van der Waals surface area (Å²) in [5.41, 5.74) is 0.879. The summed E-state index contributed by atoms with van der Waals surface area (Å²) < 4.78 is 4.59. The highest BCUT2D eigenvalue weighted by atomic mass is 16.5. The van der Waals surface area contributed by atoms with E-state index in [1.807, 2.05) is 30.3 Å². The van der Waals surface area contributed by atoms with Gasteiger partial charge < -0.3 is 9.84 Å². The van der Waals surface area contributed by atoms with Crippen LogP contribution in [0.2, 0.25) is 0 Å². The second-order valence-corrected chi connectivity index (χ2v) is 4.14. The first kappa shape index (κ1) is 14.4. The van der Waals surface area contributed by atoms with E-state index in [1.54, 1.807) is 12.1 Å². The molecule has 0 heterocycles. The van der Waals surface area contributed by atoms with Crippen molar-refractivity contribution in [1.82, 2.24) is 0 Å². The number of ether oxygens (including phenoxy) is 1. The van der Waals surface area contributed by atoms with Crippen molar-refractivity contribution in [2.24, 2.45) is 0 Å². The van der Waals surface area contributed by atoms with Crippen LogP contribution in [0.3, 0.4) is 0 Å². The maximum atomic E-state index is 11.6. The van der Waals surface area contributed by atoms with E-state index in [0.717, 1.165) is 5.56 Å². The van der Waals surface area contributed by atoms with Gasteiger partial charge >= 0.3 is 11.9 Å². The van der Waals surface area contributed by atoms with Crippen molar-refractivity contribution >= 4 is 11.9 Å². The van der Waals surface area contributed by atoms with Gasteiger partial charge in [0.2, 0.25) is 0 Å². The Kier molecular flexibility index (Phi) is 4.37. The number of hydrogen-bond donors (Lipinski definition) is 1. The molecule has 104 valence electrons. The fourth-order valence-corrected chi connectivity index (χ4v) is 1.83. The zero-order valence-corrected chi connectivity index (χ0v) is 11.3. The Hall–Kier alpha value is -3.06. The van der Waals surface area contributed by atoms with Crippen molar-refractivity contribution in [2.75, 3.05) is 7.11 Å². The van der Waals surface area contributed by atoms with Gasteiger partial charge in [-0.25, -0.2) is 9.59 Å². The zero-order valence-electron chi connectivity index (χ0n) is 11.3. The SMILES string of the molecule is COC(=O)c1cccc(C#Cc2ccccc2)c1C(=O)O. The predicted molar refractivity (Wildman–Crippen MR) is 77.2 cm³/mol. The third-order valence-electron chi connectivity index (χ3n) is 2.80. The summed E-state index contributed by atoms with van der Waals surface area (Å²) in [7, 11) is 1.20. The van der Waals surface area contributed by atoms with E-state index in [9.17, 15) is 14.7 Å². The lowest BCUT2D eigenvalue weighted by molar-refractivity contribution is 0.0582. The maximum Gasteiger partial charge on any atom is 0.338 e. The number of rotatable bonds is 2. The minimum atomic E-state index is -1.21. The average molecular weight is 280 g/mol. The molecule has 0 unspecified atom stereocenters. The van der Waals surface area contributed by atoms with Crippen LogP contribution in [0.1, 0.15) is 31.8 Å². The van der Waals surface area contributed by atoms with Gasteiger partial charge in [0.1, 0.15) is 0 Å². The third-order valence-corrected chi connectivity index (χ3v) is 2.80. The second kappa shape index (κ2) is 6.40. The molecule has 0 atom stereocenters. The number of esters is 1. The van der Waals surface area contributed by atoms with E-state index in [4.69, 9.17) is 0 Å². The van der Waals surface area contributed by atoms with E-state index in [0.29, 0.717) is 0 Å². The van der Waals surface area contributed by atoms with Crippen LogP contribution in [0.15, 0.2) is 48.5 Å². The fraction of sp³-hybridized carbons (Fsp3) is 0.0588. The van der Waals surface area contributed by atoms with E-state index in [1.165, 1.54) is 13.2 Å². The van der Waals surface area contributed by atoms with Crippen molar-refractivity contribution in [1.29, 1.82) is 0 Å². The molecular formula is C17H12O4. The molecule has 0 fully saturated rings. The standard InChI is InChI=1S/C17H12O4/c1-21-17(20)14-9-5-8-13(15(14)16(18)19)11-10-12-6-3-2-4-7-12/h2-9H,1H3,(H,18,19). The molecule has 0 aliphatic heterocycles. The Morgan fingerprint density at radius 2 is 1.71 bits per heavy atom. The summed E-state index contributed by atoms with van der Waals surface area (Å²) in [5.74, 6) is 3.75. The molecule has 0 spiro atoms. The molecule has 0 bridgehead atoms. The normalized spacial score (nSPS) is 9.38. The first-order chi connectivity index (χ1) is 10.1. The largest absolute Gasteiger partial charge is 0.478 e. The molecule has 0 aliphatic carbocycles. The topological polar surface area (TPSA) is 63.6 Å². The molecular weight excluding hydrogens is 268 g/mol. The predicted octanol–water partition coefficient (Wildman–Crippen LogP) is 2.57. The smallest absolute Gasteiger partial charge is 0.338 e. The summed E-state index contributed by atoms with van der Waals surface area (Å²) in [5, 5.41) is 9.31. The van der Waals surface area contributed by atoms with Crippen LogP contribution in [-0.2, 0) is 4.74 Å². The number of carboxylic acids is 1. The lowest BCUT2D eigenvalue weighted by Gasteiger charge is -2.05. The molecule has 2 rings (SSSR count). The summed E-state index contributed by atoms with van der Waals surface area (Å²) in [4.78, 5) is 23.0. The number of benzene rings is 2. The molecule has 0 aliphatic rings. The minimum Gasteiger partial charge on any atom is -0.478 e. The Balaban J connectivity index is 2.52. The molecule has 21 heavy (non-hydrogen) atoms. The number of hydrogen-bond acceptors (Lipinski definition) is 3. The highest BCUT2D eigenvalue weighted by molar-refractivity contribution is 6.04. The van der Waals surface area contributed by atoms with Crippen LogP contribution in [0.25, 0.3) is 0 Å². The van der Waals surface area contributed by atoms with Gasteiger partial charge in [-0.05, 0) is 24.3 Å². The van der Waals surface area contributed by atoms with E-state index in [-0.39, 0.29) is 16.7 Å². The first-order valence-electron chi connectivity index (χ1n) is 6.15. The monoisotopic (exact) mass is 280 g/mol. The van der Waals surface area contributed by atoms with Gasteiger partial charge in [0.25, 0.3) is 0 Å². The zero-order chi connectivity index (χ0) is 15.2. The molecule has 0 saturated heterocycles. The van der Waals surface area contributed by atoms with Crippen molar-refractivity contribution in [3.8, 4) is 11.8 Å². The van der Waals surface area contributed by atoms with Gasteiger partial charge in [-0.2, -0.15) is 0 Å². The van der Waals surface area contributed by atoms with Gasteiger partial charge in [0.15, 0.2) is 0 Å². The second-order valence-electron chi connectivity index (χ2n) is 4.14. The highest BCUT2D eigenvalue weighted by Crippen LogP contribution is 2.15. The Morgan fingerprint density at radius 1 is 1.00 bits per heavy atom. The van der Waals surface area contributed by atoms with Crippen LogP contribution in [0, 0.1) is 11.8 Å². The summed E-state index contributed by atoms with van der Waals surface area (Å²) in [6, 6.07) is 13.7. The maximum absolute atomic E-state index is 11.6. The van der Waals surface area contributed by atoms with E-state index < -0.39 is 11.9 Å². The molecule has 0 saturated carbocycles.